The average molecular weight is 179 g/mol. The van der Waals surface area contributed by atoms with Crippen molar-refractivity contribution >= 4 is 0 Å². The molecular weight excluding hydrogens is 162 g/mol. The van der Waals surface area contributed by atoms with Crippen molar-refractivity contribution in [1.82, 2.24) is 4.90 Å². The van der Waals surface area contributed by atoms with Gasteiger partial charge in [-0.3, -0.25) is 4.90 Å². The quantitative estimate of drug-likeness (QED) is 0.658. The van der Waals surface area contributed by atoms with Gasteiger partial charge in [0.25, 0.3) is 0 Å². The molecule has 1 atom stereocenters. The number of fused-ring (bicyclic) bond motifs is 1. The van der Waals surface area contributed by atoms with E-state index in [0.29, 0.717) is 6.04 Å². The first-order valence-corrected chi connectivity index (χ1v) is 4.99. The summed E-state index contributed by atoms with van der Waals surface area (Å²) in [5.41, 5.74) is 1.42. The van der Waals surface area contributed by atoms with Gasteiger partial charge in [0, 0.05) is 6.04 Å². The van der Waals surface area contributed by atoms with E-state index in [9.17, 15) is 0 Å². The van der Waals surface area contributed by atoms with E-state index >= 15 is 0 Å². The third-order valence-electron chi connectivity index (χ3n) is 2.96. The van der Waals surface area contributed by atoms with Gasteiger partial charge < -0.3 is 4.42 Å². The monoisotopic (exact) mass is 179 g/mol. The molecule has 1 aliphatic rings. The highest BCUT2D eigenvalue weighted by molar-refractivity contribution is 5.24. The normalized spacial score (nSPS) is 23.2. The molecule has 0 bridgehead atoms. The first-order chi connectivity index (χ1) is 6.20. The standard InChI is InChI=1S/C11H17NO/c1-4-10-6-9-5-8(2)13-11(9)7-12(10)3/h5,10H,4,6-7H2,1-3H3. The Morgan fingerprint density at radius 3 is 3.08 bits per heavy atom. The zero-order valence-electron chi connectivity index (χ0n) is 8.63. The smallest absolute Gasteiger partial charge is 0.121 e. The maximum absolute atomic E-state index is 5.63. The minimum atomic E-state index is 0.699. The maximum Gasteiger partial charge on any atom is 0.121 e. The molecule has 0 saturated heterocycles. The van der Waals surface area contributed by atoms with Crippen molar-refractivity contribution in [2.75, 3.05) is 7.05 Å². The Bertz CT molecular complexity index is 303. The molecule has 0 N–H and O–H groups in total. The lowest BCUT2D eigenvalue weighted by Gasteiger charge is -2.30. The first kappa shape index (κ1) is 8.82. The summed E-state index contributed by atoms with van der Waals surface area (Å²) in [7, 11) is 2.18. The lowest BCUT2D eigenvalue weighted by Crippen LogP contribution is -2.36. The van der Waals surface area contributed by atoms with E-state index in [-0.39, 0.29) is 0 Å². The highest BCUT2D eigenvalue weighted by Gasteiger charge is 2.24. The lowest BCUT2D eigenvalue weighted by molar-refractivity contribution is 0.189. The fourth-order valence-electron chi connectivity index (χ4n) is 2.14. The lowest BCUT2D eigenvalue weighted by atomic mass is 9.98. The summed E-state index contributed by atoms with van der Waals surface area (Å²) in [5, 5.41) is 0. The van der Waals surface area contributed by atoms with E-state index in [4.69, 9.17) is 4.42 Å². The molecule has 13 heavy (non-hydrogen) atoms. The van der Waals surface area contributed by atoms with Crippen LogP contribution in [0.5, 0.6) is 0 Å². The Morgan fingerprint density at radius 2 is 2.38 bits per heavy atom. The molecule has 2 heteroatoms. The second-order valence-electron chi connectivity index (χ2n) is 3.99. The largest absolute Gasteiger partial charge is 0.465 e. The summed E-state index contributed by atoms with van der Waals surface area (Å²) < 4.78 is 5.63. The molecule has 2 nitrogen and oxygen atoms in total. The minimum Gasteiger partial charge on any atom is -0.465 e. The van der Waals surface area contributed by atoms with E-state index in [2.05, 4.69) is 24.9 Å². The number of likely N-dealkylation sites (N-methyl/N-ethyl adjacent to an activating group) is 1. The van der Waals surface area contributed by atoms with Crippen LogP contribution in [0.3, 0.4) is 0 Å². The van der Waals surface area contributed by atoms with Crippen LogP contribution in [0.2, 0.25) is 0 Å². The van der Waals surface area contributed by atoms with Crippen LogP contribution in [0, 0.1) is 6.92 Å². The van der Waals surface area contributed by atoms with Gasteiger partial charge in [-0.1, -0.05) is 6.92 Å². The molecule has 0 fully saturated rings. The highest BCUT2D eigenvalue weighted by Crippen LogP contribution is 2.26. The molecule has 2 heterocycles. The highest BCUT2D eigenvalue weighted by atomic mass is 16.3. The molecule has 1 aromatic heterocycles. The number of rotatable bonds is 1. The summed E-state index contributed by atoms with van der Waals surface area (Å²) in [5.74, 6) is 2.22. The average Bonchev–Trinajstić information content (AvgIpc) is 2.42. The van der Waals surface area contributed by atoms with Crippen LogP contribution in [0.1, 0.15) is 30.4 Å². The zero-order chi connectivity index (χ0) is 9.42. The zero-order valence-corrected chi connectivity index (χ0v) is 8.63. The first-order valence-electron chi connectivity index (χ1n) is 4.99. The van der Waals surface area contributed by atoms with Crippen LogP contribution < -0.4 is 0 Å². The molecule has 0 saturated carbocycles. The molecule has 72 valence electrons. The fraction of sp³-hybridized carbons (Fsp3) is 0.636. The molecular formula is C11H17NO. The van der Waals surface area contributed by atoms with E-state index in [1.165, 1.54) is 17.7 Å². The van der Waals surface area contributed by atoms with E-state index in [1.807, 2.05) is 6.92 Å². The van der Waals surface area contributed by atoms with Gasteiger partial charge in [0.2, 0.25) is 0 Å². The summed E-state index contributed by atoms with van der Waals surface area (Å²) in [6.45, 7) is 5.25. The van der Waals surface area contributed by atoms with Crippen molar-refractivity contribution in [3.63, 3.8) is 0 Å². The third-order valence-corrected chi connectivity index (χ3v) is 2.96. The summed E-state index contributed by atoms with van der Waals surface area (Å²) in [6.07, 6.45) is 2.37. The van der Waals surface area contributed by atoms with Gasteiger partial charge >= 0.3 is 0 Å². The number of hydrogen-bond donors (Lipinski definition) is 0. The molecule has 0 spiro atoms. The Labute approximate surface area is 79.5 Å². The van der Waals surface area contributed by atoms with Gasteiger partial charge in [0.15, 0.2) is 0 Å². The predicted molar refractivity (Wildman–Crippen MR) is 52.7 cm³/mol. The van der Waals surface area contributed by atoms with Gasteiger partial charge in [-0.2, -0.15) is 0 Å². The van der Waals surface area contributed by atoms with Crippen LogP contribution in [0.4, 0.5) is 0 Å². The molecule has 2 rings (SSSR count). The van der Waals surface area contributed by atoms with Gasteiger partial charge in [-0.05, 0) is 38.4 Å². The topological polar surface area (TPSA) is 16.4 Å². The molecule has 1 aliphatic heterocycles. The Balaban J connectivity index is 2.27. The van der Waals surface area contributed by atoms with Gasteiger partial charge in [0.1, 0.15) is 11.5 Å². The fourth-order valence-corrected chi connectivity index (χ4v) is 2.14. The van der Waals surface area contributed by atoms with Crippen LogP contribution in [-0.4, -0.2) is 18.0 Å². The van der Waals surface area contributed by atoms with E-state index in [0.717, 1.165) is 18.7 Å². The van der Waals surface area contributed by atoms with Gasteiger partial charge in [0.05, 0.1) is 6.54 Å². The maximum atomic E-state index is 5.63. The van der Waals surface area contributed by atoms with Gasteiger partial charge in [-0.25, -0.2) is 0 Å². The number of aryl methyl sites for hydroxylation is 1. The van der Waals surface area contributed by atoms with Gasteiger partial charge in [-0.15, -0.1) is 0 Å². The van der Waals surface area contributed by atoms with E-state index < -0.39 is 0 Å². The molecule has 0 radical (unpaired) electrons. The molecule has 0 aliphatic carbocycles. The van der Waals surface area contributed by atoms with E-state index in [1.54, 1.807) is 0 Å². The summed E-state index contributed by atoms with van der Waals surface area (Å²) >= 11 is 0. The number of nitrogens with zero attached hydrogens (tertiary/aromatic N) is 1. The third kappa shape index (κ3) is 1.51. The Hall–Kier alpha value is -0.760. The van der Waals surface area contributed by atoms with Crippen LogP contribution in [0.15, 0.2) is 10.5 Å². The molecule has 1 aromatic rings. The number of furan rings is 1. The van der Waals surface area contributed by atoms with Crippen molar-refractivity contribution in [3.05, 3.63) is 23.2 Å². The second-order valence-corrected chi connectivity index (χ2v) is 3.99. The molecule has 0 amide bonds. The van der Waals surface area contributed by atoms with Crippen molar-refractivity contribution in [3.8, 4) is 0 Å². The predicted octanol–water partition coefficient (Wildman–Crippen LogP) is 2.35. The van der Waals surface area contributed by atoms with Crippen LogP contribution >= 0.6 is 0 Å². The Morgan fingerprint density at radius 1 is 1.62 bits per heavy atom. The minimum absolute atomic E-state index is 0.699. The van der Waals surface area contributed by atoms with Crippen LogP contribution in [0.25, 0.3) is 0 Å². The second kappa shape index (κ2) is 3.18. The van der Waals surface area contributed by atoms with Crippen LogP contribution in [-0.2, 0) is 13.0 Å². The van der Waals surface area contributed by atoms with Crippen molar-refractivity contribution in [2.45, 2.75) is 39.3 Å². The summed E-state index contributed by atoms with van der Waals surface area (Å²) in [4.78, 5) is 2.38. The number of hydrogen-bond acceptors (Lipinski definition) is 2. The molecule has 1 unspecified atom stereocenters. The molecule has 0 aromatic carbocycles. The summed E-state index contributed by atoms with van der Waals surface area (Å²) in [6, 6.07) is 2.88. The van der Waals surface area contributed by atoms with Crippen molar-refractivity contribution in [2.24, 2.45) is 0 Å². The Kier molecular flexibility index (Phi) is 2.16. The van der Waals surface area contributed by atoms with Crippen molar-refractivity contribution < 1.29 is 4.42 Å². The SMILES string of the molecule is CCC1Cc2cc(C)oc2CN1C. The van der Waals surface area contributed by atoms with Crippen molar-refractivity contribution in [1.29, 1.82) is 0 Å².